The van der Waals surface area contributed by atoms with E-state index in [4.69, 9.17) is 9.84 Å². The molecule has 1 aromatic carbocycles. The Balaban J connectivity index is 2.93. The maximum atomic E-state index is 12.2. The van der Waals surface area contributed by atoms with Crippen molar-refractivity contribution < 1.29 is 27.9 Å². The van der Waals surface area contributed by atoms with Gasteiger partial charge in [0.25, 0.3) is 0 Å². The van der Waals surface area contributed by atoms with Crippen LogP contribution in [-0.4, -0.2) is 38.1 Å². The van der Waals surface area contributed by atoms with E-state index in [2.05, 4.69) is 4.72 Å². The van der Waals surface area contributed by atoms with Gasteiger partial charge >= 0.3 is 11.9 Å². The van der Waals surface area contributed by atoms with Crippen LogP contribution >= 0.6 is 0 Å². The fourth-order valence-electron chi connectivity index (χ4n) is 1.71. The summed E-state index contributed by atoms with van der Waals surface area (Å²) in [6.45, 7) is 3.48. The van der Waals surface area contributed by atoms with Crippen LogP contribution in [0.2, 0.25) is 0 Å². The molecule has 0 aliphatic rings. The number of hydrogen-bond donors (Lipinski definition) is 2. The first kappa shape index (κ1) is 18.1. The lowest BCUT2D eigenvalue weighted by Gasteiger charge is -2.16. The first-order valence-corrected chi connectivity index (χ1v) is 8.22. The Kier molecular flexibility index (Phi) is 6.51. The highest BCUT2D eigenvalue weighted by Crippen LogP contribution is 2.12. The molecule has 1 atom stereocenters. The van der Waals surface area contributed by atoms with E-state index in [1.54, 1.807) is 19.1 Å². The molecular weight excluding hydrogens is 310 g/mol. The standard InChI is InChI=1S/C14H19NO6S/c1-3-21-14(18)12(8-9-13(16)17)15-22(19,20)11-6-4-10(2)5-7-11/h4-7,12,15H,3,8-9H2,1-2H3,(H,16,17)/t12-/m0/s1. The second kappa shape index (κ2) is 7.90. The molecule has 0 bridgehead atoms. The number of aryl methyl sites for hydroxylation is 1. The summed E-state index contributed by atoms with van der Waals surface area (Å²) >= 11 is 0. The van der Waals surface area contributed by atoms with Crippen molar-refractivity contribution in [1.29, 1.82) is 0 Å². The van der Waals surface area contributed by atoms with Crippen LogP contribution in [0.5, 0.6) is 0 Å². The van der Waals surface area contributed by atoms with E-state index in [9.17, 15) is 18.0 Å². The van der Waals surface area contributed by atoms with Crippen molar-refractivity contribution in [2.24, 2.45) is 0 Å². The molecule has 0 saturated carbocycles. The highest BCUT2D eigenvalue weighted by atomic mass is 32.2. The largest absolute Gasteiger partial charge is 0.481 e. The van der Waals surface area contributed by atoms with Gasteiger partial charge in [-0.25, -0.2) is 8.42 Å². The summed E-state index contributed by atoms with van der Waals surface area (Å²) in [5, 5.41) is 8.69. The molecule has 0 saturated heterocycles. The Hall–Kier alpha value is -1.93. The molecule has 0 aliphatic heterocycles. The minimum absolute atomic E-state index is 0.00252. The van der Waals surface area contributed by atoms with Gasteiger partial charge < -0.3 is 9.84 Å². The molecule has 2 N–H and O–H groups in total. The molecule has 7 nitrogen and oxygen atoms in total. The molecule has 1 rings (SSSR count). The van der Waals surface area contributed by atoms with E-state index in [0.29, 0.717) is 0 Å². The van der Waals surface area contributed by atoms with Crippen molar-refractivity contribution in [3.05, 3.63) is 29.8 Å². The van der Waals surface area contributed by atoms with Crippen LogP contribution in [0.1, 0.15) is 25.3 Å². The minimum atomic E-state index is -3.93. The number of carbonyl (C=O) groups is 2. The molecule has 8 heteroatoms. The lowest BCUT2D eigenvalue weighted by atomic mass is 10.2. The summed E-state index contributed by atoms with van der Waals surface area (Å²) < 4.78 is 31.5. The topological polar surface area (TPSA) is 110 Å². The van der Waals surface area contributed by atoms with E-state index in [0.717, 1.165) is 5.56 Å². The predicted octanol–water partition coefficient (Wildman–Crippen LogP) is 1.07. The average molecular weight is 329 g/mol. The van der Waals surface area contributed by atoms with Gasteiger partial charge in [0, 0.05) is 6.42 Å². The van der Waals surface area contributed by atoms with E-state index in [-0.39, 0.29) is 24.3 Å². The van der Waals surface area contributed by atoms with Gasteiger partial charge in [0.15, 0.2) is 0 Å². The summed E-state index contributed by atoms with van der Waals surface area (Å²) in [7, 11) is -3.93. The Morgan fingerprint density at radius 1 is 1.27 bits per heavy atom. The monoisotopic (exact) mass is 329 g/mol. The lowest BCUT2D eigenvalue weighted by Crippen LogP contribution is -2.42. The summed E-state index contributed by atoms with van der Waals surface area (Å²) in [5.41, 5.74) is 0.895. The molecule has 0 unspecified atom stereocenters. The second-order valence-electron chi connectivity index (χ2n) is 4.67. The second-order valence-corrected chi connectivity index (χ2v) is 6.39. The van der Waals surface area contributed by atoms with Crippen molar-refractivity contribution in [3.63, 3.8) is 0 Å². The zero-order chi connectivity index (χ0) is 16.8. The molecule has 1 aromatic rings. The zero-order valence-corrected chi connectivity index (χ0v) is 13.2. The molecule has 122 valence electrons. The van der Waals surface area contributed by atoms with Crippen molar-refractivity contribution >= 4 is 22.0 Å². The summed E-state index contributed by atoms with van der Waals surface area (Å²) in [6, 6.07) is 4.85. The van der Waals surface area contributed by atoms with Crippen LogP contribution in [0.25, 0.3) is 0 Å². The van der Waals surface area contributed by atoms with Gasteiger partial charge in [0.2, 0.25) is 10.0 Å². The van der Waals surface area contributed by atoms with Crippen LogP contribution in [0.15, 0.2) is 29.2 Å². The predicted molar refractivity (Wildman–Crippen MR) is 78.8 cm³/mol. The third-order valence-corrected chi connectivity index (χ3v) is 4.33. The molecular formula is C14H19NO6S. The average Bonchev–Trinajstić information content (AvgIpc) is 2.44. The van der Waals surface area contributed by atoms with Crippen molar-refractivity contribution in [1.82, 2.24) is 4.72 Å². The summed E-state index contributed by atoms with van der Waals surface area (Å²) in [4.78, 5) is 22.4. The number of carbonyl (C=O) groups excluding carboxylic acids is 1. The molecule has 0 heterocycles. The van der Waals surface area contributed by atoms with E-state index >= 15 is 0 Å². The fraction of sp³-hybridized carbons (Fsp3) is 0.429. The Morgan fingerprint density at radius 3 is 2.36 bits per heavy atom. The third kappa shape index (κ3) is 5.45. The minimum Gasteiger partial charge on any atom is -0.481 e. The van der Waals surface area contributed by atoms with Crippen molar-refractivity contribution in [2.75, 3.05) is 6.61 Å². The number of ether oxygens (including phenoxy) is 1. The molecule has 0 radical (unpaired) electrons. The van der Waals surface area contributed by atoms with Crippen LogP contribution in [0, 0.1) is 6.92 Å². The fourth-order valence-corrected chi connectivity index (χ4v) is 2.93. The molecule has 0 amide bonds. The van der Waals surface area contributed by atoms with Gasteiger partial charge in [-0.2, -0.15) is 4.72 Å². The van der Waals surface area contributed by atoms with Crippen molar-refractivity contribution in [2.45, 2.75) is 37.6 Å². The van der Waals surface area contributed by atoms with Gasteiger partial charge in [-0.05, 0) is 32.4 Å². The highest BCUT2D eigenvalue weighted by molar-refractivity contribution is 7.89. The Bertz CT molecular complexity index is 623. The van der Waals surface area contributed by atoms with Crippen LogP contribution in [-0.2, 0) is 24.3 Å². The number of rotatable bonds is 8. The van der Waals surface area contributed by atoms with Gasteiger partial charge in [0.1, 0.15) is 6.04 Å². The van der Waals surface area contributed by atoms with Gasteiger partial charge in [-0.1, -0.05) is 17.7 Å². The quantitative estimate of drug-likeness (QED) is 0.690. The maximum Gasteiger partial charge on any atom is 0.324 e. The molecule has 22 heavy (non-hydrogen) atoms. The molecule has 0 aliphatic carbocycles. The third-order valence-electron chi connectivity index (χ3n) is 2.85. The number of sulfonamides is 1. The van der Waals surface area contributed by atoms with E-state index in [1.165, 1.54) is 12.1 Å². The zero-order valence-electron chi connectivity index (χ0n) is 12.4. The van der Waals surface area contributed by atoms with Crippen LogP contribution < -0.4 is 4.72 Å². The summed E-state index contributed by atoms with van der Waals surface area (Å²) in [5.74, 6) is -1.91. The van der Waals surface area contributed by atoms with Crippen molar-refractivity contribution in [3.8, 4) is 0 Å². The summed E-state index contributed by atoms with van der Waals surface area (Å²) in [6.07, 6.45) is -0.529. The number of carboxylic acid groups (broad SMARTS) is 1. The van der Waals surface area contributed by atoms with Gasteiger partial charge in [0.05, 0.1) is 11.5 Å². The highest BCUT2D eigenvalue weighted by Gasteiger charge is 2.27. The van der Waals surface area contributed by atoms with Crippen LogP contribution in [0.4, 0.5) is 0 Å². The number of nitrogens with one attached hydrogen (secondary N) is 1. The normalized spacial score (nSPS) is 12.6. The number of carboxylic acids is 1. The number of esters is 1. The van der Waals surface area contributed by atoms with E-state index < -0.39 is 28.0 Å². The molecule has 0 fully saturated rings. The number of hydrogen-bond acceptors (Lipinski definition) is 5. The maximum absolute atomic E-state index is 12.2. The first-order valence-electron chi connectivity index (χ1n) is 6.73. The van der Waals surface area contributed by atoms with Gasteiger partial charge in [-0.3, -0.25) is 9.59 Å². The molecule has 0 aromatic heterocycles. The number of benzene rings is 1. The SMILES string of the molecule is CCOC(=O)[C@H](CCC(=O)O)NS(=O)(=O)c1ccc(C)cc1. The smallest absolute Gasteiger partial charge is 0.324 e. The van der Waals surface area contributed by atoms with Gasteiger partial charge in [-0.15, -0.1) is 0 Å². The Morgan fingerprint density at radius 2 is 1.86 bits per heavy atom. The molecule has 0 spiro atoms. The first-order chi connectivity index (χ1) is 10.3. The van der Waals surface area contributed by atoms with E-state index in [1.807, 2.05) is 6.92 Å². The Labute approximate surface area is 129 Å². The number of aliphatic carboxylic acids is 1. The lowest BCUT2D eigenvalue weighted by molar-refractivity contribution is -0.145. The van der Waals surface area contributed by atoms with Crippen LogP contribution in [0.3, 0.4) is 0 Å².